The molecule has 1 aromatic carbocycles. The standard InChI is InChI=1S/C10H5Cl2F3O2/c11-6-3-1-5(2-4-6)8(16)7(12)9(17)10(13,14)15/h1-4,7H. The van der Waals surface area contributed by atoms with E-state index in [0.29, 0.717) is 5.02 Å². The van der Waals surface area contributed by atoms with Crippen molar-refractivity contribution in [2.75, 3.05) is 0 Å². The molecule has 0 aliphatic heterocycles. The summed E-state index contributed by atoms with van der Waals surface area (Å²) in [6.07, 6.45) is -5.13. The Kier molecular flexibility index (Phi) is 4.16. The first-order valence-corrected chi connectivity index (χ1v) is 5.10. The second-order valence-corrected chi connectivity index (χ2v) is 3.97. The number of alkyl halides is 4. The van der Waals surface area contributed by atoms with Crippen molar-refractivity contribution in [3.8, 4) is 0 Å². The third-order valence-electron chi connectivity index (χ3n) is 1.87. The lowest BCUT2D eigenvalue weighted by Crippen LogP contribution is -2.36. The van der Waals surface area contributed by atoms with Gasteiger partial charge in [-0.15, -0.1) is 11.6 Å². The van der Waals surface area contributed by atoms with Crippen molar-refractivity contribution in [3.05, 3.63) is 34.9 Å². The zero-order valence-electron chi connectivity index (χ0n) is 8.09. The Labute approximate surface area is 104 Å². The molecule has 0 amide bonds. The van der Waals surface area contributed by atoms with Crippen LogP contribution in [0.5, 0.6) is 0 Å². The number of hydrogen-bond acceptors (Lipinski definition) is 2. The van der Waals surface area contributed by atoms with Crippen molar-refractivity contribution < 1.29 is 22.8 Å². The van der Waals surface area contributed by atoms with Gasteiger partial charge in [0.25, 0.3) is 5.78 Å². The van der Waals surface area contributed by atoms with E-state index in [9.17, 15) is 22.8 Å². The van der Waals surface area contributed by atoms with Gasteiger partial charge in [-0.05, 0) is 24.3 Å². The van der Waals surface area contributed by atoms with E-state index in [1.54, 1.807) is 0 Å². The summed E-state index contributed by atoms with van der Waals surface area (Å²) in [5, 5.41) is -1.95. The number of carbonyl (C=O) groups excluding carboxylic acids is 2. The molecule has 1 atom stereocenters. The molecule has 1 aromatic rings. The van der Waals surface area contributed by atoms with Gasteiger partial charge in [0.15, 0.2) is 11.2 Å². The molecule has 0 saturated heterocycles. The van der Waals surface area contributed by atoms with E-state index < -0.39 is 23.1 Å². The lowest BCUT2D eigenvalue weighted by molar-refractivity contribution is -0.169. The lowest BCUT2D eigenvalue weighted by atomic mass is 10.1. The number of halogens is 5. The fourth-order valence-corrected chi connectivity index (χ4v) is 1.40. The predicted molar refractivity (Wildman–Crippen MR) is 56.5 cm³/mol. The van der Waals surface area contributed by atoms with Crippen LogP contribution < -0.4 is 0 Å². The summed E-state index contributed by atoms with van der Waals surface area (Å²) in [6, 6.07) is 5.03. The highest BCUT2D eigenvalue weighted by atomic mass is 35.5. The van der Waals surface area contributed by atoms with Crippen LogP contribution in [0.4, 0.5) is 13.2 Å². The molecule has 2 nitrogen and oxygen atoms in total. The SMILES string of the molecule is O=C(c1ccc(Cl)cc1)C(Cl)C(=O)C(F)(F)F. The van der Waals surface area contributed by atoms with E-state index in [-0.39, 0.29) is 5.56 Å². The van der Waals surface area contributed by atoms with Gasteiger partial charge >= 0.3 is 6.18 Å². The topological polar surface area (TPSA) is 34.1 Å². The third kappa shape index (κ3) is 3.44. The Bertz CT molecular complexity index is 440. The Morgan fingerprint density at radius 3 is 2.00 bits per heavy atom. The maximum atomic E-state index is 12.0. The molecule has 1 unspecified atom stereocenters. The van der Waals surface area contributed by atoms with Gasteiger partial charge in [-0.25, -0.2) is 0 Å². The number of hydrogen-bond donors (Lipinski definition) is 0. The first-order chi connectivity index (χ1) is 7.73. The normalized spacial score (nSPS) is 13.2. The summed E-state index contributed by atoms with van der Waals surface area (Å²) in [5.41, 5.74) is -0.105. The molecule has 7 heteroatoms. The Morgan fingerprint density at radius 1 is 1.12 bits per heavy atom. The van der Waals surface area contributed by atoms with Crippen LogP contribution in [0.25, 0.3) is 0 Å². The van der Waals surface area contributed by atoms with Crippen LogP contribution in [0, 0.1) is 0 Å². The minimum absolute atomic E-state index is 0.105. The van der Waals surface area contributed by atoms with Gasteiger partial charge in [-0.3, -0.25) is 9.59 Å². The summed E-state index contributed by atoms with van der Waals surface area (Å²) >= 11 is 10.7. The first kappa shape index (κ1) is 14.0. The van der Waals surface area contributed by atoms with Crippen LogP contribution >= 0.6 is 23.2 Å². The highest BCUT2D eigenvalue weighted by Crippen LogP contribution is 2.23. The number of ketones is 2. The van der Waals surface area contributed by atoms with Crippen molar-refractivity contribution in [3.63, 3.8) is 0 Å². The average Bonchev–Trinajstić information content (AvgIpc) is 2.26. The molecule has 0 fully saturated rings. The molecule has 0 aliphatic rings. The Hall–Kier alpha value is -1.07. The quantitative estimate of drug-likeness (QED) is 0.485. The minimum atomic E-state index is -5.13. The largest absolute Gasteiger partial charge is 0.452 e. The van der Waals surface area contributed by atoms with Crippen LogP contribution in [-0.4, -0.2) is 23.1 Å². The fourth-order valence-electron chi connectivity index (χ4n) is 1.02. The number of carbonyl (C=O) groups is 2. The van der Waals surface area contributed by atoms with Gasteiger partial charge in [0.2, 0.25) is 0 Å². The second kappa shape index (κ2) is 5.06. The van der Waals surface area contributed by atoms with Crippen LogP contribution in [0.2, 0.25) is 5.02 Å². The lowest BCUT2D eigenvalue weighted by Gasteiger charge is -2.10. The van der Waals surface area contributed by atoms with Gasteiger partial charge in [0, 0.05) is 10.6 Å². The molecular weight excluding hydrogens is 280 g/mol. The summed E-state index contributed by atoms with van der Waals surface area (Å²) in [6.45, 7) is 0. The molecule has 1 rings (SSSR count). The molecule has 0 saturated carbocycles. The monoisotopic (exact) mass is 284 g/mol. The van der Waals surface area contributed by atoms with Gasteiger partial charge in [0.05, 0.1) is 0 Å². The van der Waals surface area contributed by atoms with Crippen LogP contribution in [0.1, 0.15) is 10.4 Å². The fraction of sp³-hybridized carbons (Fsp3) is 0.200. The molecule has 0 aliphatic carbocycles. The zero-order chi connectivity index (χ0) is 13.2. The highest BCUT2D eigenvalue weighted by Gasteiger charge is 2.45. The van der Waals surface area contributed by atoms with Crippen LogP contribution in [-0.2, 0) is 4.79 Å². The highest BCUT2D eigenvalue weighted by molar-refractivity contribution is 6.45. The average molecular weight is 285 g/mol. The van der Waals surface area contributed by atoms with Gasteiger partial charge in [-0.1, -0.05) is 11.6 Å². The van der Waals surface area contributed by atoms with Crippen molar-refractivity contribution in [1.29, 1.82) is 0 Å². The molecule has 0 N–H and O–H groups in total. The number of rotatable bonds is 3. The maximum Gasteiger partial charge on any atom is 0.452 e. The second-order valence-electron chi connectivity index (χ2n) is 3.10. The van der Waals surface area contributed by atoms with E-state index in [1.165, 1.54) is 24.3 Å². The van der Waals surface area contributed by atoms with Crippen molar-refractivity contribution in [2.45, 2.75) is 11.6 Å². The summed E-state index contributed by atoms with van der Waals surface area (Å²) in [4.78, 5) is 22.2. The molecular formula is C10H5Cl2F3O2. The molecule has 0 radical (unpaired) electrons. The van der Waals surface area contributed by atoms with E-state index in [1.807, 2.05) is 0 Å². The van der Waals surface area contributed by atoms with E-state index in [2.05, 4.69) is 0 Å². The molecule has 0 bridgehead atoms. The van der Waals surface area contributed by atoms with Crippen LogP contribution in [0.15, 0.2) is 24.3 Å². The molecule has 0 spiro atoms. The van der Waals surface area contributed by atoms with E-state index >= 15 is 0 Å². The summed E-state index contributed by atoms with van der Waals surface area (Å²) in [7, 11) is 0. The van der Waals surface area contributed by atoms with Gasteiger partial charge < -0.3 is 0 Å². The van der Waals surface area contributed by atoms with Gasteiger partial charge in [0.1, 0.15) is 0 Å². The van der Waals surface area contributed by atoms with Crippen molar-refractivity contribution >= 4 is 34.8 Å². The molecule has 0 aromatic heterocycles. The van der Waals surface area contributed by atoms with Crippen molar-refractivity contribution in [1.82, 2.24) is 0 Å². The molecule has 92 valence electrons. The Morgan fingerprint density at radius 2 is 1.59 bits per heavy atom. The minimum Gasteiger partial charge on any atom is -0.292 e. The molecule has 0 heterocycles. The first-order valence-electron chi connectivity index (χ1n) is 4.28. The van der Waals surface area contributed by atoms with E-state index in [0.717, 1.165) is 0 Å². The maximum absolute atomic E-state index is 12.0. The number of benzene rings is 1. The number of Topliss-reactive ketones (excluding diaryl/α,β-unsaturated/α-hetero) is 2. The third-order valence-corrected chi connectivity index (χ3v) is 2.52. The van der Waals surface area contributed by atoms with Crippen molar-refractivity contribution in [2.24, 2.45) is 0 Å². The van der Waals surface area contributed by atoms with Gasteiger partial charge in [-0.2, -0.15) is 13.2 Å². The van der Waals surface area contributed by atoms with E-state index in [4.69, 9.17) is 23.2 Å². The predicted octanol–water partition coefficient (Wildman–Crippen LogP) is 3.26. The zero-order valence-corrected chi connectivity index (χ0v) is 9.60. The molecule has 17 heavy (non-hydrogen) atoms. The smallest absolute Gasteiger partial charge is 0.292 e. The Balaban J connectivity index is 2.91. The summed E-state index contributed by atoms with van der Waals surface area (Å²) in [5.74, 6) is -3.38. The summed E-state index contributed by atoms with van der Waals surface area (Å²) < 4.78 is 36.1. The van der Waals surface area contributed by atoms with Crippen LogP contribution in [0.3, 0.4) is 0 Å².